The second-order valence-electron chi connectivity index (χ2n) is 6.98. The highest BCUT2D eigenvalue weighted by Gasteiger charge is 2.33. The van der Waals surface area contributed by atoms with E-state index < -0.39 is 0 Å². The summed E-state index contributed by atoms with van der Waals surface area (Å²) in [4.78, 5) is 2.47. The summed E-state index contributed by atoms with van der Waals surface area (Å²) in [6.45, 7) is 3.45. The predicted octanol–water partition coefficient (Wildman–Crippen LogP) is 4.25. The van der Waals surface area contributed by atoms with Crippen molar-refractivity contribution in [2.24, 2.45) is 5.92 Å². The van der Waals surface area contributed by atoms with Gasteiger partial charge in [0, 0.05) is 23.1 Å². The van der Waals surface area contributed by atoms with Crippen LogP contribution >= 0.6 is 11.6 Å². The van der Waals surface area contributed by atoms with Crippen molar-refractivity contribution in [2.75, 3.05) is 13.6 Å². The average molecular weight is 307 g/mol. The zero-order chi connectivity index (χ0) is 14.8. The number of fused-ring (bicyclic) bond motifs is 2. The molecule has 1 aromatic rings. The van der Waals surface area contributed by atoms with Crippen LogP contribution in [0.2, 0.25) is 5.02 Å². The number of hydrogen-bond acceptors (Lipinski definition) is 2. The van der Waals surface area contributed by atoms with Crippen molar-refractivity contribution in [1.29, 1.82) is 0 Å². The van der Waals surface area contributed by atoms with Crippen molar-refractivity contribution in [2.45, 2.75) is 57.2 Å². The Morgan fingerprint density at radius 3 is 2.67 bits per heavy atom. The first-order valence-corrected chi connectivity index (χ1v) is 8.71. The molecule has 0 saturated carbocycles. The Bertz CT molecular complexity index is 464. The lowest BCUT2D eigenvalue weighted by atomic mass is 9.89. The van der Waals surface area contributed by atoms with E-state index in [-0.39, 0.29) is 0 Å². The molecule has 1 aromatic carbocycles. The zero-order valence-electron chi connectivity index (χ0n) is 13.2. The van der Waals surface area contributed by atoms with Gasteiger partial charge in [0.1, 0.15) is 0 Å². The van der Waals surface area contributed by atoms with E-state index in [0.717, 1.165) is 23.0 Å². The maximum absolute atomic E-state index is 6.11. The quantitative estimate of drug-likeness (QED) is 0.874. The third-order valence-corrected chi connectivity index (χ3v) is 5.69. The Morgan fingerprint density at radius 1 is 1.29 bits per heavy atom. The molecule has 0 aromatic heterocycles. The van der Waals surface area contributed by atoms with E-state index in [1.807, 2.05) is 12.1 Å². The van der Waals surface area contributed by atoms with Gasteiger partial charge in [0.15, 0.2) is 0 Å². The highest BCUT2D eigenvalue weighted by atomic mass is 35.5. The first-order valence-electron chi connectivity index (χ1n) is 8.33. The molecule has 2 aliphatic heterocycles. The lowest BCUT2D eigenvalue weighted by Gasteiger charge is -2.32. The number of hydrogen-bond donors (Lipinski definition) is 1. The molecule has 2 nitrogen and oxygen atoms in total. The van der Waals surface area contributed by atoms with Crippen molar-refractivity contribution in [1.82, 2.24) is 10.2 Å². The normalized spacial score (nSPS) is 29.8. The number of piperidine rings is 1. The molecule has 3 atom stereocenters. The number of rotatable bonds is 5. The Balaban J connectivity index is 1.50. The molecule has 0 amide bonds. The minimum absolute atomic E-state index is 0.433. The molecule has 2 heterocycles. The summed E-state index contributed by atoms with van der Waals surface area (Å²) in [5, 5.41) is 4.57. The van der Waals surface area contributed by atoms with E-state index in [9.17, 15) is 0 Å². The SMILES string of the molecule is CC(c1cccc(Cl)c1)N(C)CCC1CC2CCC(C1)N2. The molecule has 2 bridgehead atoms. The largest absolute Gasteiger partial charge is 0.311 e. The second kappa shape index (κ2) is 6.68. The number of halogens is 1. The van der Waals surface area contributed by atoms with Crippen LogP contribution in [0.15, 0.2) is 24.3 Å². The maximum Gasteiger partial charge on any atom is 0.0409 e. The molecule has 0 aliphatic carbocycles. The van der Waals surface area contributed by atoms with E-state index in [2.05, 4.69) is 36.3 Å². The van der Waals surface area contributed by atoms with Gasteiger partial charge in [0.25, 0.3) is 0 Å². The van der Waals surface area contributed by atoms with Crippen LogP contribution in [-0.4, -0.2) is 30.6 Å². The van der Waals surface area contributed by atoms with Gasteiger partial charge < -0.3 is 5.32 Å². The zero-order valence-corrected chi connectivity index (χ0v) is 13.9. The van der Waals surface area contributed by atoms with Crippen LogP contribution in [0.5, 0.6) is 0 Å². The van der Waals surface area contributed by atoms with Gasteiger partial charge in [-0.2, -0.15) is 0 Å². The molecule has 2 saturated heterocycles. The highest BCUT2D eigenvalue weighted by molar-refractivity contribution is 6.30. The minimum atomic E-state index is 0.433. The molecular weight excluding hydrogens is 280 g/mol. The topological polar surface area (TPSA) is 15.3 Å². The Morgan fingerprint density at radius 2 is 2.00 bits per heavy atom. The van der Waals surface area contributed by atoms with Crippen LogP contribution in [0, 0.1) is 5.92 Å². The monoisotopic (exact) mass is 306 g/mol. The summed E-state index contributed by atoms with van der Waals surface area (Å²) in [6, 6.07) is 10.3. The Kier molecular flexibility index (Phi) is 4.88. The van der Waals surface area contributed by atoms with Gasteiger partial charge in [-0.05, 0) is 76.2 Å². The van der Waals surface area contributed by atoms with Gasteiger partial charge in [-0.1, -0.05) is 23.7 Å². The van der Waals surface area contributed by atoms with E-state index in [4.69, 9.17) is 11.6 Å². The standard InChI is InChI=1S/C18H27ClN2/c1-13(15-4-3-5-16(19)12-15)21(2)9-8-14-10-17-6-7-18(11-14)20-17/h3-5,12-14,17-18,20H,6-11H2,1-2H3. The average Bonchev–Trinajstić information content (AvgIpc) is 2.82. The number of nitrogens with zero attached hydrogens (tertiary/aromatic N) is 1. The van der Waals surface area contributed by atoms with Crippen LogP contribution in [0.3, 0.4) is 0 Å². The molecule has 3 heteroatoms. The van der Waals surface area contributed by atoms with Crippen molar-refractivity contribution in [3.63, 3.8) is 0 Å². The molecule has 116 valence electrons. The summed E-state index contributed by atoms with van der Waals surface area (Å²) in [7, 11) is 2.24. The number of nitrogens with one attached hydrogen (secondary N) is 1. The Hall–Kier alpha value is -0.570. The van der Waals surface area contributed by atoms with Gasteiger partial charge in [-0.25, -0.2) is 0 Å². The molecule has 0 spiro atoms. The molecule has 21 heavy (non-hydrogen) atoms. The summed E-state index contributed by atoms with van der Waals surface area (Å²) in [5.41, 5.74) is 1.32. The highest BCUT2D eigenvalue weighted by Crippen LogP contribution is 2.33. The first kappa shape index (κ1) is 15.3. The van der Waals surface area contributed by atoms with Crippen LogP contribution in [0.4, 0.5) is 0 Å². The van der Waals surface area contributed by atoms with Crippen molar-refractivity contribution in [3.05, 3.63) is 34.9 Å². The van der Waals surface area contributed by atoms with E-state index >= 15 is 0 Å². The summed E-state index contributed by atoms with van der Waals surface area (Å²) < 4.78 is 0. The third kappa shape index (κ3) is 3.80. The van der Waals surface area contributed by atoms with E-state index in [1.165, 1.54) is 44.2 Å². The minimum Gasteiger partial charge on any atom is -0.311 e. The molecule has 2 aliphatic rings. The van der Waals surface area contributed by atoms with Crippen molar-refractivity contribution < 1.29 is 0 Å². The number of benzene rings is 1. The Labute approximate surface area is 133 Å². The van der Waals surface area contributed by atoms with Crippen molar-refractivity contribution in [3.8, 4) is 0 Å². The maximum atomic E-state index is 6.11. The van der Waals surface area contributed by atoms with E-state index in [1.54, 1.807) is 0 Å². The predicted molar refractivity (Wildman–Crippen MR) is 89.8 cm³/mol. The van der Waals surface area contributed by atoms with Gasteiger partial charge >= 0.3 is 0 Å². The lowest BCUT2D eigenvalue weighted by Crippen LogP contribution is -2.39. The summed E-state index contributed by atoms with van der Waals surface area (Å²) in [6.07, 6.45) is 6.90. The fourth-order valence-corrected chi connectivity index (χ4v) is 4.21. The van der Waals surface area contributed by atoms with Crippen LogP contribution in [-0.2, 0) is 0 Å². The van der Waals surface area contributed by atoms with Gasteiger partial charge in [-0.15, -0.1) is 0 Å². The molecule has 3 unspecified atom stereocenters. The molecular formula is C18H27ClN2. The molecule has 3 rings (SSSR count). The summed E-state index contributed by atoms with van der Waals surface area (Å²) >= 11 is 6.11. The fourth-order valence-electron chi connectivity index (χ4n) is 4.01. The van der Waals surface area contributed by atoms with Gasteiger partial charge in [-0.3, -0.25) is 4.90 Å². The molecule has 0 radical (unpaired) electrons. The van der Waals surface area contributed by atoms with Crippen LogP contribution < -0.4 is 5.32 Å². The van der Waals surface area contributed by atoms with Gasteiger partial charge in [0.05, 0.1) is 0 Å². The summed E-state index contributed by atoms with van der Waals surface area (Å²) in [5.74, 6) is 0.915. The third-order valence-electron chi connectivity index (χ3n) is 5.45. The smallest absolute Gasteiger partial charge is 0.0409 e. The second-order valence-corrected chi connectivity index (χ2v) is 7.41. The lowest BCUT2D eigenvalue weighted by molar-refractivity contribution is 0.211. The fraction of sp³-hybridized carbons (Fsp3) is 0.667. The molecule has 2 fully saturated rings. The van der Waals surface area contributed by atoms with Crippen molar-refractivity contribution >= 4 is 11.6 Å². The van der Waals surface area contributed by atoms with E-state index in [0.29, 0.717) is 6.04 Å². The first-order chi connectivity index (χ1) is 10.1. The van der Waals surface area contributed by atoms with Crippen LogP contribution in [0.25, 0.3) is 0 Å². The van der Waals surface area contributed by atoms with Gasteiger partial charge in [0.2, 0.25) is 0 Å². The van der Waals surface area contributed by atoms with Crippen LogP contribution in [0.1, 0.15) is 50.6 Å². The molecule has 1 N–H and O–H groups in total.